The van der Waals surface area contributed by atoms with Crippen molar-refractivity contribution in [1.29, 1.82) is 0 Å². The van der Waals surface area contributed by atoms with E-state index in [-0.39, 0.29) is 0 Å². The Balaban J connectivity index is 1.79. The molecular formula is C20H18N2. The van der Waals surface area contributed by atoms with Crippen LogP contribution >= 0.6 is 0 Å². The summed E-state index contributed by atoms with van der Waals surface area (Å²) >= 11 is 0. The number of aromatic nitrogens is 2. The van der Waals surface area contributed by atoms with Gasteiger partial charge in [0.2, 0.25) is 0 Å². The number of hydrogen-bond donors (Lipinski definition) is 0. The summed E-state index contributed by atoms with van der Waals surface area (Å²) in [5.74, 6) is 1.04. The molecule has 0 fully saturated rings. The average Bonchev–Trinajstić information content (AvgIpc) is 3.10. The highest BCUT2D eigenvalue weighted by Gasteiger charge is 2.19. The Morgan fingerprint density at radius 2 is 1.91 bits per heavy atom. The molecule has 3 aromatic rings. The molecule has 0 saturated carbocycles. The molecule has 0 spiro atoms. The van der Waals surface area contributed by atoms with Crippen LogP contribution in [0, 0.1) is 6.92 Å². The summed E-state index contributed by atoms with van der Waals surface area (Å²) in [4.78, 5) is 4.90. The largest absolute Gasteiger partial charge is 0.333 e. The van der Waals surface area contributed by atoms with E-state index in [2.05, 4.69) is 79.3 Å². The number of nitrogens with zero attached hydrogens (tertiary/aromatic N) is 2. The molecule has 1 aromatic heterocycles. The molecule has 0 atom stereocenters. The van der Waals surface area contributed by atoms with Gasteiger partial charge < -0.3 is 4.57 Å². The highest BCUT2D eigenvalue weighted by Crippen LogP contribution is 2.33. The fourth-order valence-electron chi connectivity index (χ4n) is 3.15. The van der Waals surface area contributed by atoms with Crippen molar-refractivity contribution in [3.05, 3.63) is 83.3 Å². The van der Waals surface area contributed by atoms with Gasteiger partial charge in [-0.15, -0.1) is 0 Å². The van der Waals surface area contributed by atoms with Gasteiger partial charge >= 0.3 is 0 Å². The maximum Gasteiger partial charge on any atom is 0.140 e. The summed E-state index contributed by atoms with van der Waals surface area (Å²) < 4.78 is 2.13. The second kappa shape index (κ2) is 4.99. The Morgan fingerprint density at radius 3 is 2.77 bits per heavy atom. The monoisotopic (exact) mass is 286 g/mol. The van der Waals surface area contributed by atoms with Crippen molar-refractivity contribution in [2.45, 2.75) is 13.3 Å². The summed E-state index contributed by atoms with van der Waals surface area (Å²) in [5, 5.41) is 0. The standard InChI is InChI=1S/C20H18N2/c1-14-6-5-8-16(12-14)19-13-22(2)20(21-19)18-11-10-15-7-3-4-9-17(15)18/h3-9,11-13H,10H2,1-2H3. The van der Waals surface area contributed by atoms with Crippen LogP contribution in [0.2, 0.25) is 0 Å². The molecule has 0 saturated heterocycles. The van der Waals surface area contributed by atoms with Gasteiger partial charge in [0.05, 0.1) is 5.69 Å². The Bertz CT molecular complexity index is 884. The van der Waals surface area contributed by atoms with Crippen molar-refractivity contribution in [1.82, 2.24) is 9.55 Å². The third kappa shape index (κ3) is 2.08. The molecule has 1 aliphatic carbocycles. The maximum absolute atomic E-state index is 4.90. The molecule has 0 N–H and O–H groups in total. The topological polar surface area (TPSA) is 17.8 Å². The fraction of sp³-hybridized carbons (Fsp3) is 0.150. The van der Waals surface area contributed by atoms with Gasteiger partial charge in [-0.05, 0) is 30.5 Å². The van der Waals surface area contributed by atoms with E-state index in [0.29, 0.717) is 0 Å². The molecule has 1 aliphatic rings. The van der Waals surface area contributed by atoms with Crippen molar-refractivity contribution >= 4 is 5.57 Å². The minimum absolute atomic E-state index is 0.998. The summed E-state index contributed by atoms with van der Waals surface area (Å²) in [7, 11) is 2.07. The van der Waals surface area contributed by atoms with Gasteiger partial charge in [-0.25, -0.2) is 4.98 Å². The van der Waals surface area contributed by atoms with Gasteiger partial charge in [0.15, 0.2) is 0 Å². The highest BCUT2D eigenvalue weighted by molar-refractivity contribution is 5.82. The Hall–Kier alpha value is -2.61. The molecule has 2 aromatic carbocycles. The van der Waals surface area contributed by atoms with Crippen molar-refractivity contribution in [3.8, 4) is 11.3 Å². The zero-order valence-electron chi connectivity index (χ0n) is 12.9. The van der Waals surface area contributed by atoms with Gasteiger partial charge in [0, 0.05) is 24.4 Å². The van der Waals surface area contributed by atoms with E-state index < -0.39 is 0 Å². The molecule has 4 rings (SSSR count). The predicted octanol–water partition coefficient (Wildman–Crippen LogP) is 4.38. The van der Waals surface area contributed by atoms with Gasteiger partial charge in [-0.2, -0.15) is 0 Å². The average molecular weight is 286 g/mol. The first kappa shape index (κ1) is 13.1. The Labute approximate surface area is 130 Å². The second-order valence-corrected chi connectivity index (χ2v) is 5.91. The van der Waals surface area contributed by atoms with E-state index in [4.69, 9.17) is 4.98 Å². The molecular weight excluding hydrogens is 268 g/mol. The van der Waals surface area contributed by atoms with Crippen molar-refractivity contribution in [2.75, 3.05) is 0 Å². The first-order chi connectivity index (χ1) is 10.7. The molecule has 22 heavy (non-hydrogen) atoms. The molecule has 2 nitrogen and oxygen atoms in total. The zero-order chi connectivity index (χ0) is 15.1. The fourth-order valence-corrected chi connectivity index (χ4v) is 3.15. The lowest BCUT2D eigenvalue weighted by molar-refractivity contribution is 0.891. The molecule has 108 valence electrons. The molecule has 0 radical (unpaired) electrons. The zero-order valence-corrected chi connectivity index (χ0v) is 12.9. The van der Waals surface area contributed by atoms with Crippen LogP contribution < -0.4 is 0 Å². The van der Waals surface area contributed by atoms with Crippen LogP contribution in [0.15, 0.2) is 60.8 Å². The first-order valence-corrected chi connectivity index (χ1v) is 7.61. The minimum Gasteiger partial charge on any atom is -0.333 e. The number of fused-ring (bicyclic) bond motifs is 1. The normalized spacial score (nSPS) is 13.1. The Morgan fingerprint density at radius 1 is 1.05 bits per heavy atom. The smallest absolute Gasteiger partial charge is 0.140 e. The summed E-state index contributed by atoms with van der Waals surface area (Å²) in [5.41, 5.74) is 7.41. The van der Waals surface area contributed by atoms with E-state index in [1.807, 2.05) is 0 Å². The van der Waals surface area contributed by atoms with Crippen molar-refractivity contribution in [2.24, 2.45) is 7.05 Å². The number of imidazole rings is 1. The Kier molecular flexibility index (Phi) is 2.97. The van der Waals surface area contributed by atoms with E-state index in [0.717, 1.165) is 17.9 Å². The van der Waals surface area contributed by atoms with Gasteiger partial charge in [-0.1, -0.05) is 54.1 Å². The predicted molar refractivity (Wildman–Crippen MR) is 90.6 cm³/mol. The van der Waals surface area contributed by atoms with E-state index in [9.17, 15) is 0 Å². The van der Waals surface area contributed by atoms with Crippen LogP contribution in [0.1, 0.15) is 22.5 Å². The molecule has 0 aliphatic heterocycles. The molecule has 2 heteroatoms. The number of rotatable bonds is 2. The van der Waals surface area contributed by atoms with Gasteiger partial charge in [0.1, 0.15) is 5.82 Å². The number of benzene rings is 2. The molecule has 0 bridgehead atoms. The first-order valence-electron chi connectivity index (χ1n) is 7.61. The molecule has 1 heterocycles. The minimum atomic E-state index is 0.998. The van der Waals surface area contributed by atoms with Gasteiger partial charge in [-0.3, -0.25) is 0 Å². The van der Waals surface area contributed by atoms with Crippen LogP contribution in [0.25, 0.3) is 16.8 Å². The lowest BCUT2D eigenvalue weighted by Gasteiger charge is -2.05. The third-order valence-electron chi connectivity index (χ3n) is 4.26. The summed E-state index contributed by atoms with van der Waals surface area (Å²) in [6, 6.07) is 17.1. The summed E-state index contributed by atoms with van der Waals surface area (Å²) in [6.07, 6.45) is 5.40. The van der Waals surface area contributed by atoms with Crippen LogP contribution in [-0.4, -0.2) is 9.55 Å². The van der Waals surface area contributed by atoms with Crippen LogP contribution in [0.3, 0.4) is 0 Å². The van der Waals surface area contributed by atoms with E-state index in [1.165, 1.54) is 27.8 Å². The van der Waals surface area contributed by atoms with Crippen LogP contribution in [0.5, 0.6) is 0 Å². The van der Waals surface area contributed by atoms with Gasteiger partial charge in [0.25, 0.3) is 0 Å². The lowest BCUT2D eigenvalue weighted by atomic mass is 10.1. The highest BCUT2D eigenvalue weighted by atomic mass is 15.0. The van der Waals surface area contributed by atoms with Crippen LogP contribution in [0.4, 0.5) is 0 Å². The summed E-state index contributed by atoms with van der Waals surface area (Å²) in [6.45, 7) is 2.11. The van der Waals surface area contributed by atoms with Crippen LogP contribution in [-0.2, 0) is 13.5 Å². The lowest BCUT2D eigenvalue weighted by Crippen LogP contribution is -1.96. The van der Waals surface area contributed by atoms with E-state index >= 15 is 0 Å². The van der Waals surface area contributed by atoms with Crippen molar-refractivity contribution in [3.63, 3.8) is 0 Å². The second-order valence-electron chi connectivity index (χ2n) is 5.91. The SMILES string of the molecule is Cc1cccc(-c2cn(C)c(C3=CCc4ccccc43)n2)c1. The quantitative estimate of drug-likeness (QED) is 0.683. The third-order valence-corrected chi connectivity index (χ3v) is 4.26. The van der Waals surface area contributed by atoms with E-state index in [1.54, 1.807) is 0 Å². The van der Waals surface area contributed by atoms with Crippen molar-refractivity contribution < 1.29 is 0 Å². The number of aryl methyl sites for hydroxylation is 2. The number of hydrogen-bond acceptors (Lipinski definition) is 1. The number of allylic oxidation sites excluding steroid dienone is 1. The maximum atomic E-state index is 4.90. The molecule has 0 amide bonds. The molecule has 0 unspecified atom stereocenters.